The summed E-state index contributed by atoms with van der Waals surface area (Å²) in [4.78, 5) is 24.6. The van der Waals surface area contributed by atoms with Crippen molar-refractivity contribution in [3.05, 3.63) is 35.4 Å². The van der Waals surface area contributed by atoms with Gasteiger partial charge in [-0.15, -0.1) is 0 Å². The molecule has 0 aliphatic heterocycles. The predicted octanol–water partition coefficient (Wildman–Crippen LogP) is 2.18. The van der Waals surface area contributed by atoms with Crippen LogP contribution in [0.15, 0.2) is 24.3 Å². The molecule has 98 valence electrons. The molecular formula is C14H19NO3. The number of hydrogen-bond acceptors (Lipinski definition) is 2. The Morgan fingerprint density at radius 2 is 2.06 bits per heavy atom. The highest BCUT2D eigenvalue weighted by Gasteiger charge is 2.20. The van der Waals surface area contributed by atoms with Gasteiger partial charge in [0.05, 0.1) is 5.92 Å². The van der Waals surface area contributed by atoms with Crippen LogP contribution in [0.25, 0.3) is 0 Å². The number of carbonyl (C=O) groups is 2. The molecule has 0 aliphatic carbocycles. The monoisotopic (exact) mass is 249 g/mol. The zero-order valence-corrected chi connectivity index (χ0v) is 11.0. The van der Waals surface area contributed by atoms with Crippen LogP contribution in [0.5, 0.6) is 0 Å². The molecule has 0 fully saturated rings. The molecule has 1 aromatic carbocycles. The average molecular weight is 249 g/mol. The Labute approximate surface area is 107 Å². The fourth-order valence-electron chi connectivity index (χ4n) is 1.72. The van der Waals surface area contributed by atoms with E-state index in [1.165, 1.54) is 0 Å². The van der Waals surface area contributed by atoms with Crippen molar-refractivity contribution in [3.63, 3.8) is 0 Å². The molecule has 4 nitrogen and oxygen atoms in total. The maximum absolute atomic E-state index is 12.2. The normalized spacial score (nSPS) is 11.9. The number of aryl methyl sites for hydroxylation is 1. The van der Waals surface area contributed by atoms with Gasteiger partial charge in [-0.1, -0.05) is 24.6 Å². The summed E-state index contributed by atoms with van der Waals surface area (Å²) in [7, 11) is 0. The highest BCUT2D eigenvalue weighted by atomic mass is 16.4. The summed E-state index contributed by atoms with van der Waals surface area (Å²) >= 11 is 0. The van der Waals surface area contributed by atoms with Gasteiger partial charge in [0.25, 0.3) is 5.91 Å². The first-order chi connectivity index (χ1) is 8.45. The fourth-order valence-corrected chi connectivity index (χ4v) is 1.72. The van der Waals surface area contributed by atoms with Gasteiger partial charge in [-0.25, -0.2) is 0 Å². The first-order valence-corrected chi connectivity index (χ1v) is 6.04. The molecule has 0 spiro atoms. The van der Waals surface area contributed by atoms with Gasteiger partial charge in [0.1, 0.15) is 0 Å². The van der Waals surface area contributed by atoms with Crippen molar-refractivity contribution in [1.29, 1.82) is 0 Å². The van der Waals surface area contributed by atoms with E-state index in [0.29, 0.717) is 12.1 Å². The second kappa shape index (κ2) is 6.19. The van der Waals surface area contributed by atoms with Crippen molar-refractivity contribution >= 4 is 11.9 Å². The third kappa shape index (κ3) is 3.58. The van der Waals surface area contributed by atoms with Gasteiger partial charge in [0, 0.05) is 18.7 Å². The molecule has 0 radical (unpaired) electrons. The maximum Gasteiger partial charge on any atom is 0.308 e. The number of aliphatic carboxylic acids is 1. The standard InChI is InChI=1S/C14H19NO3/c1-4-15(9-11(3)14(17)18)13(16)12-7-5-6-10(2)8-12/h5-8,11H,4,9H2,1-3H3,(H,17,18). The van der Waals surface area contributed by atoms with Crippen molar-refractivity contribution in [2.75, 3.05) is 13.1 Å². The molecule has 1 unspecified atom stereocenters. The number of carbonyl (C=O) groups excluding carboxylic acids is 1. The summed E-state index contributed by atoms with van der Waals surface area (Å²) in [5, 5.41) is 8.88. The zero-order valence-electron chi connectivity index (χ0n) is 11.0. The lowest BCUT2D eigenvalue weighted by atomic mass is 10.1. The van der Waals surface area contributed by atoms with Crippen molar-refractivity contribution in [3.8, 4) is 0 Å². The van der Waals surface area contributed by atoms with E-state index in [9.17, 15) is 9.59 Å². The largest absolute Gasteiger partial charge is 0.481 e. The molecule has 1 N–H and O–H groups in total. The maximum atomic E-state index is 12.2. The van der Waals surface area contributed by atoms with Crippen LogP contribution in [0, 0.1) is 12.8 Å². The molecular weight excluding hydrogens is 230 g/mol. The van der Waals surface area contributed by atoms with Gasteiger partial charge in [-0.2, -0.15) is 0 Å². The molecule has 0 bridgehead atoms. The van der Waals surface area contributed by atoms with Crippen molar-refractivity contribution < 1.29 is 14.7 Å². The highest BCUT2D eigenvalue weighted by Crippen LogP contribution is 2.10. The van der Waals surface area contributed by atoms with Crippen molar-refractivity contribution in [2.24, 2.45) is 5.92 Å². The summed E-state index contributed by atoms with van der Waals surface area (Å²) in [6, 6.07) is 7.32. The number of hydrogen-bond donors (Lipinski definition) is 1. The van der Waals surface area contributed by atoms with Crippen LogP contribution in [0.4, 0.5) is 0 Å². The summed E-state index contributed by atoms with van der Waals surface area (Å²) in [6.07, 6.45) is 0. The van der Waals surface area contributed by atoms with E-state index in [4.69, 9.17) is 5.11 Å². The first kappa shape index (κ1) is 14.2. The van der Waals surface area contributed by atoms with Gasteiger partial charge < -0.3 is 10.0 Å². The molecule has 1 amide bonds. The Balaban J connectivity index is 2.82. The summed E-state index contributed by atoms with van der Waals surface area (Å²) in [5.74, 6) is -1.56. The van der Waals surface area contributed by atoms with Crippen LogP contribution in [0.3, 0.4) is 0 Å². The van der Waals surface area contributed by atoms with E-state index in [0.717, 1.165) is 5.56 Å². The zero-order chi connectivity index (χ0) is 13.7. The van der Waals surface area contributed by atoms with Crippen LogP contribution in [-0.4, -0.2) is 35.0 Å². The number of carboxylic acid groups (broad SMARTS) is 1. The number of benzene rings is 1. The minimum atomic E-state index is -0.884. The van der Waals surface area contributed by atoms with E-state index in [1.807, 2.05) is 32.0 Å². The molecule has 1 rings (SSSR count). The minimum Gasteiger partial charge on any atom is -0.481 e. The van der Waals surface area contributed by atoms with Gasteiger partial charge in [0.2, 0.25) is 0 Å². The average Bonchev–Trinajstić information content (AvgIpc) is 2.34. The van der Waals surface area contributed by atoms with Crippen LogP contribution < -0.4 is 0 Å². The number of carboxylic acids is 1. The lowest BCUT2D eigenvalue weighted by Crippen LogP contribution is -2.36. The highest BCUT2D eigenvalue weighted by molar-refractivity contribution is 5.94. The Hall–Kier alpha value is -1.84. The molecule has 0 heterocycles. The molecule has 0 saturated carbocycles. The molecule has 0 aliphatic rings. The van der Waals surface area contributed by atoms with E-state index >= 15 is 0 Å². The Bertz CT molecular complexity index is 442. The van der Waals surface area contributed by atoms with Gasteiger partial charge >= 0.3 is 5.97 Å². The molecule has 18 heavy (non-hydrogen) atoms. The van der Waals surface area contributed by atoms with Gasteiger partial charge in [0.15, 0.2) is 0 Å². The predicted molar refractivity (Wildman–Crippen MR) is 69.6 cm³/mol. The summed E-state index contributed by atoms with van der Waals surface area (Å²) < 4.78 is 0. The van der Waals surface area contributed by atoms with Crippen LogP contribution in [0.2, 0.25) is 0 Å². The van der Waals surface area contributed by atoms with Crippen LogP contribution in [-0.2, 0) is 4.79 Å². The quantitative estimate of drug-likeness (QED) is 0.870. The molecule has 0 saturated heterocycles. The first-order valence-electron chi connectivity index (χ1n) is 6.04. The Kier molecular flexibility index (Phi) is 4.89. The van der Waals surface area contributed by atoms with E-state index in [2.05, 4.69) is 0 Å². The number of nitrogens with zero attached hydrogens (tertiary/aromatic N) is 1. The topological polar surface area (TPSA) is 57.6 Å². The number of rotatable bonds is 5. The molecule has 1 atom stereocenters. The van der Waals surface area contributed by atoms with Gasteiger partial charge in [-0.05, 0) is 26.0 Å². The van der Waals surface area contributed by atoms with E-state index < -0.39 is 11.9 Å². The Morgan fingerprint density at radius 3 is 2.56 bits per heavy atom. The summed E-state index contributed by atoms with van der Waals surface area (Å²) in [6.45, 7) is 6.12. The molecule has 4 heteroatoms. The van der Waals surface area contributed by atoms with Crippen molar-refractivity contribution in [1.82, 2.24) is 4.90 Å². The molecule has 0 aromatic heterocycles. The summed E-state index contributed by atoms with van der Waals surface area (Å²) in [5.41, 5.74) is 1.62. The second-order valence-electron chi connectivity index (χ2n) is 4.45. The lowest BCUT2D eigenvalue weighted by molar-refractivity contribution is -0.141. The Morgan fingerprint density at radius 1 is 1.39 bits per heavy atom. The fraction of sp³-hybridized carbons (Fsp3) is 0.429. The second-order valence-corrected chi connectivity index (χ2v) is 4.45. The van der Waals surface area contributed by atoms with E-state index in [-0.39, 0.29) is 12.5 Å². The third-order valence-corrected chi connectivity index (χ3v) is 2.85. The SMILES string of the molecule is CCN(CC(C)C(=O)O)C(=O)c1cccc(C)c1. The lowest BCUT2D eigenvalue weighted by Gasteiger charge is -2.23. The van der Waals surface area contributed by atoms with Crippen LogP contribution >= 0.6 is 0 Å². The smallest absolute Gasteiger partial charge is 0.308 e. The van der Waals surface area contributed by atoms with Crippen LogP contribution in [0.1, 0.15) is 29.8 Å². The third-order valence-electron chi connectivity index (χ3n) is 2.85. The molecule has 1 aromatic rings. The van der Waals surface area contributed by atoms with E-state index in [1.54, 1.807) is 17.9 Å². The minimum absolute atomic E-state index is 0.116. The number of amides is 1. The van der Waals surface area contributed by atoms with Crippen molar-refractivity contribution in [2.45, 2.75) is 20.8 Å². The van der Waals surface area contributed by atoms with Gasteiger partial charge in [-0.3, -0.25) is 9.59 Å².